The Labute approximate surface area is 67.2 Å². The molecule has 1 aliphatic rings. The molecule has 1 N–H and O–H groups in total. The van der Waals surface area contributed by atoms with Crippen molar-refractivity contribution in [1.82, 2.24) is 9.97 Å². The van der Waals surface area contributed by atoms with Gasteiger partial charge in [0.1, 0.15) is 0 Å². The maximum atomic E-state index is 4.21. The molecule has 1 heterocycles. The summed E-state index contributed by atoms with van der Waals surface area (Å²) in [5.41, 5.74) is 2.62. The van der Waals surface area contributed by atoms with Gasteiger partial charge in [-0.15, -0.1) is 0 Å². The highest BCUT2D eigenvalue weighted by Gasteiger charge is 2.21. The lowest BCUT2D eigenvalue weighted by Crippen LogP contribution is -1.79. The number of rotatable bonds is 0. The molecule has 0 bridgehead atoms. The van der Waals surface area contributed by atoms with Crippen LogP contribution in [0.1, 0.15) is 21.7 Å². The van der Waals surface area contributed by atoms with E-state index in [1.54, 1.807) is 6.33 Å². The molecule has 1 unspecified atom stereocenters. The third kappa shape index (κ3) is 0.781. The molecule has 9 heavy (non-hydrogen) atoms. The van der Waals surface area contributed by atoms with Crippen LogP contribution >= 0.6 is 22.6 Å². The first-order chi connectivity index (χ1) is 4.38. The van der Waals surface area contributed by atoms with Crippen LogP contribution < -0.4 is 0 Å². The quantitative estimate of drug-likeness (QED) is 0.538. The lowest BCUT2D eigenvalue weighted by atomic mass is 10.4. The van der Waals surface area contributed by atoms with Gasteiger partial charge >= 0.3 is 0 Å². The van der Waals surface area contributed by atoms with Crippen LogP contribution in [0.2, 0.25) is 0 Å². The lowest BCUT2D eigenvalue weighted by Gasteiger charge is -1.92. The van der Waals surface area contributed by atoms with Crippen LogP contribution in [0, 0.1) is 0 Å². The van der Waals surface area contributed by atoms with Crippen molar-refractivity contribution in [3.05, 3.63) is 17.7 Å². The third-order valence-corrected chi connectivity index (χ3v) is 2.91. The Hall–Kier alpha value is -0.0600. The number of aromatic nitrogens is 2. The molecule has 0 fully saturated rings. The van der Waals surface area contributed by atoms with Crippen LogP contribution in [-0.2, 0) is 6.42 Å². The minimum atomic E-state index is 0.656. The van der Waals surface area contributed by atoms with Crippen molar-refractivity contribution in [2.75, 3.05) is 0 Å². The summed E-state index contributed by atoms with van der Waals surface area (Å²) in [6.45, 7) is 0. The topological polar surface area (TPSA) is 28.7 Å². The molecule has 2 nitrogen and oxygen atoms in total. The van der Waals surface area contributed by atoms with Crippen molar-refractivity contribution in [2.24, 2.45) is 0 Å². The summed E-state index contributed by atoms with van der Waals surface area (Å²) >= 11 is 2.44. The minimum Gasteiger partial charge on any atom is -0.348 e. The maximum Gasteiger partial charge on any atom is 0.0925 e. The zero-order chi connectivity index (χ0) is 6.27. The van der Waals surface area contributed by atoms with E-state index in [4.69, 9.17) is 0 Å². The molecule has 3 heteroatoms. The van der Waals surface area contributed by atoms with Crippen molar-refractivity contribution >= 4 is 22.6 Å². The number of alkyl halides is 1. The van der Waals surface area contributed by atoms with E-state index in [9.17, 15) is 0 Å². The van der Waals surface area contributed by atoms with Crippen molar-refractivity contribution < 1.29 is 0 Å². The smallest absolute Gasteiger partial charge is 0.0925 e. The summed E-state index contributed by atoms with van der Waals surface area (Å²) in [6.07, 6.45) is 4.23. The largest absolute Gasteiger partial charge is 0.348 e. The number of H-pyrrole nitrogens is 1. The van der Waals surface area contributed by atoms with Gasteiger partial charge in [-0.25, -0.2) is 4.98 Å². The first kappa shape index (κ1) is 5.70. The highest BCUT2D eigenvalue weighted by molar-refractivity contribution is 14.1. The summed E-state index contributed by atoms with van der Waals surface area (Å²) < 4.78 is 0.656. The van der Waals surface area contributed by atoms with E-state index in [0.717, 1.165) is 0 Å². The molecule has 2 rings (SSSR count). The van der Waals surface area contributed by atoms with Crippen LogP contribution in [0.4, 0.5) is 0 Å². The molecule has 1 aromatic heterocycles. The highest BCUT2D eigenvalue weighted by atomic mass is 127. The molecule has 0 saturated heterocycles. The molecule has 1 aliphatic carbocycles. The predicted molar refractivity (Wildman–Crippen MR) is 43.7 cm³/mol. The highest BCUT2D eigenvalue weighted by Crippen LogP contribution is 2.35. The third-order valence-electron chi connectivity index (χ3n) is 1.70. The zero-order valence-corrected chi connectivity index (χ0v) is 7.05. The molecule has 48 valence electrons. The van der Waals surface area contributed by atoms with Crippen molar-refractivity contribution in [3.63, 3.8) is 0 Å². The fourth-order valence-electron chi connectivity index (χ4n) is 1.21. The van der Waals surface area contributed by atoms with Crippen LogP contribution in [0.15, 0.2) is 6.33 Å². The molecule has 0 aliphatic heterocycles. The number of nitrogens with one attached hydrogen (secondary N) is 1. The van der Waals surface area contributed by atoms with Gasteiger partial charge in [-0.2, -0.15) is 0 Å². The monoisotopic (exact) mass is 234 g/mol. The number of hydrogen-bond donors (Lipinski definition) is 1. The van der Waals surface area contributed by atoms with Crippen LogP contribution in [-0.4, -0.2) is 9.97 Å². The van der Waals surface area contributed by atoms with E-state index in [1.165, 1.54) is 24.2 Å². The number of fused-ring (bicyclic) bond motifs is 1. The lowest BCUT2D eigenvalue weighted by molar-refractivity contribution is 0.880. The number of aryl methyl sites for hydroxylation is 1. The second-order valence-corrected chi connectivity index (χ2v) is 3.78. The summed E-state index contributed by atoms with van der Waals surface area (Å²) in [7, 11) is 0. The number of imidazole rings is 1. The Bertz CT molecular complexity index is 219. The molecule has 0 amide bonds. The van der Waals surface area contributed by atoms with Crippen LogP contribution in [0.3, 0.4) is 0 Å². The molecule has 0 saturated carbocycles. The first-order valence-corrected chi connectivity index (χ1v) is 4.28. The average molecular weight is 234 g/mol. The second kappa shape index (κ2) is 1.97. The Kier molecular flexibility index (Phi) is 1.25. The number of aromatic amines is 1. The Morgan fingerprint density at radius 1 is 1.78 bits per heavy atom. The SMILES string of the molecule is IC1CCc2[nH]cnc21. The zero-order valence-electron chi connectivity index (χ0n) is 4.89. The van der Waals surface area contributed by atoms with E-state index in [-0.39, 0.29) is 0 Å². The second-order valence-electron chi connectivity index (χ2n) is 2.27. The van der Waals surface area contributed by atoms with E-state index in [0.29, 0.717) is 3.92 Å². The molecule has 0 spiro atoms. The Morgan fingerprint density at radius 2 is 2.67 bits per heavy atom. The van der Waals surface area contributed by atoms with Gasteiger partial charge in [0.25, 0.3) is 0 Å². The van der Waals surface area contributed by atoms with Crippen LogP contribution in [0.5, 0.6) is 0 Å². The average Bonchev–Trinajstić information content (AvgIpc) is 2.35. The van der Waals surface area contributed by atoms with Gasteiger partial charge in [0.2, 0.25) is 0 Å². The molecule has 0 aromatic carbocycles. The van der Waals surface area contributed by atoms with Gasteiger partial charge in [0.15, 0.2) is 0 Å². The van der Waals surface area contributed by atoms with Gasteiger partial charge in [-0.3, -0.25) is 0 Å². The van der Waals surface area contributed by atoms with Gasteiger partial charge in [-0.1, -0.05) is 22.6 Å². The van der Waals surface area contributed by atoms with E-state index >= 15 is 0 Å². The fraction of sp³-hybridized carbons (Fsp3) is 0.500. The predicted octanol–water partition coefficient (Wildman–Crippen LogP) is 1.83. The Balaban J connectivity index is 2.49. The minimum absolute atomic E-state index is 0.656. The summed E-state index contributed by atoms with van der Waals surface area (Å²) in [5, 5.41) is 0. The van der Waals surface area contributed by atoms with Gasteiger partial charge in [-0.05, 0) is 12.8 Å². The number of hydrogen-bond acceptors (Lipinski definition) is 1. The molecule has 1 atom stereocenters. The van der Waals surface area contributed by atoms with Crippen molar-refractivity contribution in [1.29, 1.82) is 0 Å². The number of nitrogens with zero attached hydrogens (tertiary/aromatic N) is 1. The first-order valence-electron chi connectivity index (χ1n) is 3.04. The van der Waals surface area contributed by atoms with Gasteiger partial charge in [0.05, 0.1) is 15.9 Å². The summed E-state index contributed by atoms with van der Waals surface area (Å²) in [6, 6.07) is 0. The molecular formula is C6H7IN2. The molecular weight excluding hydrogens is 227 g/mol. The van der Waals surface area contributed by atoms with Crippen LogP contribution in [0.25, 0.3) is 0 Å². The van der Waals surface area contributed by atoms with Gasteiger partial charge < -0.3 is 4.98 Å². The number of halogens is 1. The fourth-order valence-corrected chi connectivity index (χ4v) is 2.06. The van der Waals surface area contributed by atoms with E-state index in [2.05, 4.69) is 32.6 Å². The normalized spacial score (nSPS) is 24.3. The van der Waals surface area contributed by atoms with E-state index in [1.807, 2.05) is 0 Å². The standard InChI is InChI=1S/C6H7IN2/c7-4-1-2-5-6(4)9-3-8-5/h3-4H,1-2H2,(H,8,9). The van der Waals surface area contributed by atoms with E-state index < -0.39 is 0 Å². The molecule has 0 radical (unpaired) electrons. The summed E-state index contributed by atoms with van der Waals surface area (Å²) in [5.74, 6) is 0. The maximum absolute atomic E-state index is 4.21. The summed E-state index contributed by atoms with van der Waals surface area (Å²) in [4.78, 5) is 7.35. The van der Waals surface area contributed by atoms with Crippen molar-refractivity contribution in [2.45, 2.75) is 16.8 Å². The molecule has 1 aromatic rings. The van der Waals surface area contributed by atoms with Crippen molar-refractivity contribution in [3.8, 4) is 0 Å². The van der Waals surface area contributed by atoms with Gasteiger partial charge in [0, 0.05) is 5.69 Å². The Morgan fingerprint density at radius 3 is 3.44 bits per heavy atom.